The number of ether oxygens (including phenoxy) is 1. The van der Waals surface area contributed by atoms with Crippen LogP contribution in [-0.2, 0) is 26.2 Å². The van der Waals surface area contributed by atoms with E-state index in [0.717, 1.165) is 22.9 Å². The first kappa shape index (κ1) is 25.6. The smallest absolute Gasteiger partial charge is 0.266 e. The third-order valence-corrected chi connectivity index (χ3v) is 7.35. The molecule has 36 heavy (non-hydrogen) atoms. The van der Waals surface area contributed by atoms with Crippen LogP contribution in [0, 0.1) is 0 Å². The molecule has 0 aromatic heterocycles. The van der Waals surface area contributed by atoms with Crippen molar-refractivity contribution in [1.82, 2.24) is 4.90 Å². The number of primary sulfonamides is 1. The third kappa shape index (κ3) is 6.58. The van der Waals surface area contributed by atoms with Crippen LogP contribution in [0.5, 0.6) is 5.75 Å². The van der Waals surface area contributed by atoms with E-state index in [-0.39, 0.29) is 21.7 Å². The van der Waals surface area contributed by atoms with E-state index < -0.39 is 15.9 Å². The molecule has 2 amide bonds. The number of benzene rings is 3. The lowest BCUT2D eigenvalue weighted by molar-refractivity contribution is -0.126. The third-order valence-electron chi connectivity index (χ3n) is 5.05. The first-order chi connectivity index (χ1) is 17.2. The van der Waals surface area contributed by atoms with Gasteiger partial charge in [0.1, 0.15) is 23.2 Å². The fraction of sp³-hybridized carbons (Fsp3) is 0.0800. The minimum absolute atomic E-state index is 0.0721. The van der Waals surface area contributed by atoms with Gasteiger partial charge in [0.05, 0.1) is 9.80 Å². The monoisotopic (exact) mass is 539 g/mol. The zero-order chi connectivity index (χ0) is 25.7. The second-order valence-corrected chi connectivity index (χ2v) is 11.0. The molecule has 0 radical (unpaired) electrons. The lowest BCUT2D eigenvalue weighted by Crippen LogP contribution is -2.36. The molecule has 4 rings (SSSR count). The van der Waals surface area contributed by atoms with Crippen molar-refractivity contribution in [1.29, 1.82) is 0 Å². The van der Waals surface area contributed by atoms with E-state index in [1.165, 1.54) is 29.2 Å². The summed E-state index contributed by atoms with van der Waals surface area (Å²) in [5.41, 5.74) is 2.17. The molecule has 1 aliphatic heterocycles. The van der Waals surface area contributed by atoms with Gasteiger partial charge in [-0.05, 0) is 53.6 Å². The number of thiocarbonyl (C=S) groups is 1. The van der Waals surface area contributed by atoms with Crippen molar-refractivity contribution in [2.24, 2.45) is 5.14 Å². The summed E-state index contributed by atoms with van der Waals surface area (Å²) in [5, 5.41) is 7.69. The first-order valence-corrected chi connectivity index (χ1v) is 13.4. The summed E-state index contributed by atoms with van der Waals surface area (Å²) in [5.74, 6) is -0.191. The number of nitrogens with zero attached hydrogens (tertiary/aromatic N) is 1. The molecule has 0 aliphatic carbocycles. The Morgan fingerprint density at radius 3 is 2.47 bits per heavy atom. The van der Waals surface area contributed by atoms with Crippen LogP contribution in [0.4, 0.5) is 5.69 Å². The number of rotatable bonds is 8. The highest BCUT2D eigenvalue weighted by atomic mass is 32.2. The van der Waals surface area contributed by atoms with Crippen molar-refractivity contribution in [3.05, 3.63) is 94.9 Å². The molecule has 0 bridgehead atoms. The Bertz CT molecular complexity index is 1440. The molecule has 3 aromatic carbocycles. The average molecular weight is 540 g/mol. The number of sulfonamides is 1. The molecular formula is C25H21N3O5S3. The van der Waals surface area contributed by atoms with Gasteiger partial charge in [-0.2, -0.15) is 0 Å². The molecule has 1 saturated heterocycles. The van der Waals surface area contributed by atoms with E-state index in [4.69, 9.17) is 22.1 Å². The number of thioether (sulfide) groups is 1. The molecule has 11 heteroatoms. The average Bonchev–Trinajstić information content (AvgIpc) is 3.10. The maximum atomic E-state index is 12.9. The molecule has 184 valence electrons. The molecule has 0 unspecified atom stereocenters. The molecule has 0 atom stereocenters. The predicted molar refractivity (Wildman–Crippen MR) is 144 cm³/mol. The molecular weight excluding hydrogens is 518 g/mol. The van der Waals surface area contributed by atoms with Crippen molar-refractivity contribution < 1.29 is 22.7 Å². The van der Waals surface area contributed by atoms with Crippen LogP contribution < -0.4 is 15.2 Å². The van der Waals surface area contributed by atoms with Crippen LogP contribution in [0.25, 0.3) is 6.08 Å². The molecule has 1 heterocycles. The standard InChI is InChI=1S/C25H21N3O5S3/c26-36(31,32)21-11-9-19(10-12-21)27-23(29)15-28-24(30)22(35-25(28)34)14-18-7-4-8-20(13-18)33-16-17-5-2-1-3-6-17/h1-14H,15-16H2,(H,27,29)(H2,26,31,32)/b22-14-. The quantitative estimate of drug-likeness (QED) is 0.331. The van der Waals surface area contributed by atoms with Gasteiger partial charge in [0.2, 0.25) is 15.9 Å². The van der Waals surface area contributed by atoms with E-state index in [1.54, 1.807) is 6.08 Å². The molecule has 8 nitrogen and oxygen atoms in total. The summed E-state index contributed by atoms with van der Waals surface area (Å²) in [4.78, 5) is 26.9. The van der Waals surface area contributed by atoms with Gasteiger partial charge in [-0.25, -0.2) is 13.6 Å². The lowest BCUT2D eigenvalue weighted by atomic mass is 10.2. The number of hydrogen-bond donors (Lipinski definition) is 2. The van der Waals surface area contributed by atoms with Gasteiger partial charge in [-0.3, -0.25) is 14.5 Å². The minimum atomic E-state index is -3.83. The Morgan fingerprint density at radius 1 is 1.06 bits per heavy atom. The number of anilines is 1. The molecule has 3 aromatic rings. The predicted octanol–water partition coefficient (Wildman–Crippen LogP) is 3.75. The van der Waals surface area contributed by atoms with Gasteiger partial charge >= 0.3 is 0 Å². The van der Waals surface area contributed by atoms with Crippen molar-refractivity contribution in [3.8, 4) is 5.75 Å². The molecule has 0 saturated carbocycles. The zero-order valence-electron chi connectivity index (χ0n) is 18.8. The SMILES string of the molecule is NS(=O)(=O)c1ccc(NC(=O)CN2C(=O)/C(=C/c3cccc(OCc4ccccc4)c3)SC2=S)cc1. The second kappa shape index (κ2) is 11.0. The van der Waals surface area contributed by atoms with Crippen molar-refractivity contribution >= 4 is 61.9 Å². The highest BCUT2D eigenvalue weighted by Crippen LogP contribution is 2.33. The van der Waals surface area contributed by atoms with Gasteiger partial charge in [0.25, 0.3) is 5.91 Å². The lowest BCUT2D eigenvalue weighted by Gasteiger charge is -2.14. The van der Waals surface area contributed by atoms with Crippen molar-refractivity contribution in [3.63, 3.8) is 0 Å². The van der Waals surface area contributed by atoms with E-state index in [2.05, 4.69) is 5.32 Å². The van der Waals surface area contributed by atoms with Crippen molar-refractivity contribution in [2.75, 3.05) is 11.9 Å². The fourth-order valence-corrected chi connectivity index (χ4v) is 5.07. The van der Waals surface area contributed by atoms with Gasteiger partial charge in [0.15, 0.2) is 0 Å². The minimum Gasteiger partial charge on any atom is -0.489 e. The first-order valence-electron chi connectivity index (χ1n) is 10.6. The number of carbonyl (C=O) groups excluding carboxylic acids is 2. The second-order valence-electron chi connectivity index (χ2n) is 7.73. The van der Waals surface area contributed by atoms with Crippen LogP contribution in [0.1, 0.15) is 11.1 Å². The zero-order valence-corrected chi connectivity index (χ0v) is 21.2. The van der Waals surface area contributed by atoms with Crippen LogP contribution in [-0.4, -0.2) is 36.0 Å². The number of hydrogen-bond acceptors (Lipinski definition) is 7. The molecule has 1 fully saturated rings. The Hall–Kier alpha value is -3.51. The summed E-state index contributed by atoms with van der Waals surface area (Å²) >= 11 is 6.43. The largest absolute Gasteiger partial charge is 0.489 e. The number of carbonyl (C=O) groups is 2. The Morgan fingerprint density at radius 2 is 1.78 bits per heavy atom. The Kier molecular flexibility index (Phi) is 7.85. The van der Waals surface area contributed by atoms with E-state index in [0.29, 0.717) is 22.9 Å². The maximum Gasteiger partial charge on any atom is 0.266 e. The Labute approximate surface area is 218 Å². The summed E-state index contributed by atoms with van der Waals surface area (Å²) < 4.78 is 28.8. The summed E-state index contributed by atoms with van der Waals surface area (Å²) in [6.07, 6.45) is 1.71. The summed E-state index contributed by atoms with van der Waals surface area (Å²) in [6, 6.07) is 22.5. The van der Waals surface area contributed by atoms with E-state index in [1.807, 2.05) is 54.6 Å². The Balaban J connectivity index is 1.38. The number of nitrogens with one attached hydrogen (secondary N) is 1. The van der Waals surface area contributed by atoms with Crippen LogP contribution in [0.3, 0.4) is 0 Å². The fourth-order valence-electron chi connectivity index (χ4n) is 3.29. The maximum absolute atomic E-state index is 12.9. The van der Waals surface area contributed by atoms with Gasteiger partial charge in [0, 0.05) is 5.69 Å². The highest BCUT2D eigenvalue weighted by molar-refractivity contribution is 8.26. The van der Waals surface area contributed by atoms with Gasteiger partial charge < -0.3 is 10.1 Å². The summed E-state index contributed by atoms with van der Waals surface area (Å²) in [6.45, 7) is 0.144. The normalized spacial score (nSPS) is 14.8. The van der Waals surface area contributed by atoms with Crippen molar-refractivity contribution in [2.45, 2.75) is 11.5 Å². The number of nitrogens with two attached hydrogens (primary N) is 1. The number of amides is 2. The molecule has 1 aliphatic rings. The topological polar surface area (TPSA) is 119 Å². The van der Waals surface area contributed by atoms with E-state index >= 15 is 0 Å². The van der Waals surface area contributed by atoms with E-state index in [9.17, 15) is 18.0 Å². The summed E-state index contributed by atoms with van der Waals surface area (Å²) in [7, 11) is -3.83. The van der Waals surface area contributed by atoms with Crippen LogP contribution in [0.2, 0.25) is 0 Å². The highest BCUT2D eigenvalue weighted by Gasteiger charge is 2.33. The van der Waals surface area contributed by atoms with Gasteiger partial charge in [-0.15, -0.1) is 0 Å². The van der Waals surface area contributed by atoms with Crippen LogP contribution >= 0.6 is 24.0 Å². The van der Waals surface area contributed by atoms with Gasteiger partial charge in [-0.1, -0.05) is 66.4 Å². The molecule has 0 spiro atoms. The molecule has 3 N–H and O–H groups in total. The van der Waals surface area contributed by atoms with Crippen LogP contribution in [0.15, 0.2) is 88.7 Å².